The van der Waals surface area contributed by atoms with Crippen LogP contribution in [-0.2, 0) is 0 Å². The summed E-state index contributed by atoms with van der Waals surface area (Å²) in [6.45, 7) is 2.29. The normalized spacial score (nSPS) is 19.0. The highest BCUT2D eigenvalue weighted by Crippen LogP contribution is 2.41. The molecule has 1 fully saturated rings. The average Bonchev–Trinajstić information content (AvgIpc) is 2.80. The van der Waals surface area contributed by atoms with Gasteiger partial charge in [-0.1, -0.05) is 93.3 Å². The van der Waals surface area contributed by atoms with Crippen LogP contribution in [0.3, 0.4) is 0 Å². The monoisotopic (exact) mass is 400 g/mol. The van der Waals surface area contributed by atoms with Crippen molar-refractivity contribution < 1.29 is 4.39 Å². The molecule has 3 aromatic rings. The van der Waals surface area contributed by atoms with Gasteiger partial charge in [0.2, 0.25) is 0 Å². The third-order valence-electron chi connectivity index (χ3n) is 6.80. The molecule has 0 nitrogen and oxygen atoms in total. The minimum absolute atomic E-state index is 0.183. The van der Waals surface area contributed by atoms with Gasteiger partial charge < -0.3 is 0 Å². The van der Waals surface area contributed by atoms with Crippen LogP contribution in [0.25, 0.3) is 22.3 Å². The van der Waals surface area contributed by atoms with E-state index in [0.29, 0.717) is 5.92 Å². The second kappa shape index (κ2) is 10.1. The number of hydrogen-bond acceptors (Lipinski definition) is 0. The van der Waals surface area contributed by atoms with Crippen LogP contribution in [-0.4, -0.2) is 0 Å². The second-order valence-corrected chi connectivity index (χ2v) is 8.89. The molecule has 0 unspecified atom stereocenters. The summed E-state index contributed by atoms with van der Waals surface area (Å²) in [4.78, 5) is 0. The second-order valence-electron chi connectivity index (χ2n) is 8.89. The van der Waals surface area contributed by atoms with Gasteiger partial charge in [0, 0.05) is 0 Å². The molecule has 0 spiro atoms. The Morgan fingerprint density at radius 2 is 1.50 bits per heavy atom. The van der Waals surface area contributed by atoms with Gasteiger partial charge in [-0.2, -0.15) is 0 Å². The van der Waals surface area contributed by atoms with Gasteiger partial charge in [0.05, 0.1) is 0 Å². The lowest BCUT2D eigenvalue weighted by Gasteiger charge is -2.29. The Bertz CT molecular complexity index is 936. The molecule has 1 saturated carbocycles. The van der Waals surface area contributed by atoms with Crippen LogP contribution in [0.4, 0.5) is 4.39 Å². The Morgan fingerprint density at radius 1 is 0.733 bits per heavy atom. The fourth-order valence-electron chi connectivity index (χ4n) is 5.05. The third kappa shape index (κ3) is 5.01. The van der Waals surface area contributed by atoms with Crippen LogP contribution in [0.5, 0.6) is 0 Å². The fraction of sp³-hybridized carbons (Fsp3) is 0.379. The van der Waals surface area contributed by atoms with Gasteiger partial charge in [0.15, 0.2) is 0 Å². The van der Waals surface area contributed by atoms with Gasteiger partial charge in [-0.3, -0.25) is 0 Å². The van der Waals surface area contributed by atoms with E-state index < -0.39 is 0 Å². The van der Waals surface area contributed by atoms with Gasteiger partial charge in [0.25, 0.3) is 0 Å². The SMILES string of the molecule is CCCCC[C@H]1CC[C@H](c2ccc(-c3cccc(F)c3)c(-c3ccccc3)c2)CC1. The minimum Gasteiger partial charge on any atom is -0.207 e. The van der Waals surface area contributed by atoms with Crippen LogP contribution in [0.15, 0.2) is 72.8 Å². The third-order valence-corrected chi connectivity index (χ3v) is 6.80. The van der Waals surface area contributed by atoms with Crippen LogP contribution < -0.4 is 0 Å². The summed E-state index contributed by atoms with van der Waals surface area (Å²) in [5.41, 5.74) is 5.91. The summed E-state index contributed by atoms with van der Waals surface area (Å²) in [6, 6.07) is 24.4. The minimum atomic E-state index is -0.183. The molecule has 0 bridgehead atoms. The van der Waals surface area contributed by atoms with Crippen molar-refractivity contribution in [1.82, 2.24) is 0 Å². The molecule has 3 aromatic carbocycles. The summed E-state index contributed by atoms with van der Waals surface area (Å²) >= 11 is 0. The van der Waals surface area contributed by atoms with Crippen molar-refractivity contribution in [2.75, 3.05) is 0 Å². The number of rotatable bonds is 7. The summed E-state index contributed by atoms with van der Waals surface area (Å²) in [5.74, 6) is 1.39. The van der Waals surface area contributed by atoms with Gasteiger partial charge in [-0.15, -0.1) is 0 Å². The predicted molar refractivity (Wildman–Crippen MR) is 126 cm³/mol. The highest BCUT2D eigenvalue weighted by molar-refractivity contribution is 5.84. The molecule has 0 amide bonds. The van der Waals surface area contributed by atoms with Gasteiger partial charge in [0.1, 0.15) is 5.82 Å². The Labute approximate surface area is 181 Å². The maximum absolute atomic E-state index is 13.9. The lowest BCUT2D eigenvalue weighted by molar-refractivity contribution is 0.303. The molecule has 0 atom stereocenters. The van der Waals surface area contributed by atoms with Crippen molar-refractivity contribution in [1.29, 1.82) is 0 Å². The van der Waals surface area contributed by atoms with Crippen molar-refractivity contribution in [2.45, 2.75) is 64.2 Å². The summed E-state index contributed by atoms with van der Waals surface area (Å²) < 4.78 is 13.9. The molecular weight excluding hydrogens is 367 g/mol. The maximum atomic E-state index is 13.9. The molecule has 0 saturated heterocycles. The van der Waals surface area contributed by atoms with Gasteiger partial charge >= 0.3 is 0 Å². The number of hydrogen-bond donors (Lipinski definition) is 0. The van der Waals surface area contributed by atoms with Crippen molar-refractivity contribution >= 4 is 0 Å². The maximum Gasteiger partial charge on any atom is 0.123 e. The number of halogens is 1. The van der Waals surface area contributed by atoms with Crippen LogP contribution >= 0.6 is 0 Å². The summed E-state index contributed by atoms with van der Waals surface area (Å²) in [7, 11) is 0. The van der Waals surface area contributed by atoms with Crippen LogP contribution in [0.1, 0.15) is 69.8 Å². The predicted octanol–water partition coefficient (Wildman–Crippen LogP) is 9.01. The first-order valence-electron chi connectivity index (χ1n) is 11.7. The molecule has 0 radical (unpaired) electrons. The zero-order valence-corrected chi connectivity index (χ0v) is 18.1. The largest absolute Gasteiger partial charge is 0.207 e. The van der Waals surface area contributed by atoms with Crippen LogP contribution in [0.2, 0.25) is 0 Å². The Morgan fingerprint density at radius 3 is 2.23 bits per heavy atom. The Kier molecular flexibility index (Phi) is 7.00. The zero-order valence-electron chi connectivity index (χ0n) is 18.1. The first-order valence-corrected chi connectivity index (χ1v) is 11.7. The molecular formula is C29H33F. The smallest absolute Gasteiger partial charge is 0.123 e. The summed E-state index contributed by atoms with van der Waals surface area (Å²) in [6.07, 6.45) is 10.8. The van der Waals surface area contributed by atoms with E-state index in [0.717, 1.165) is 17.0 Å². The molecule has 0 N–H and O–H groups in total. The van der Waals surface area contributed by atoms with E-state index >= 15 is 0 Å². The molecule has 0 heterocycles. The van der Waals surface area contributed by atoms with Crippen molar-refractivity contribution in [3.63, 3.8) is 0 Å². The van der Waals surface area contributed by atoms with E-state index in [1.807, 2.05) is 6.07 Å². The van der Waals surface area contributed by atoms with E-state index in [1.54, 1.807) is 12.1 Å². The number of benzene rings is 3. The van der Waals surface area contributed by atoms with E-state index in [-0.39, 0.29) is 5.82 Å². The molecule has 1 aliphatic rings. The average molecular weight is 401 g/mol. The molecule has 156 valence electrons. The van der Waals surface area contributed by atoms with Crippen LogP contribution in [0, 0.1) is 11.7 Å². The molecule has 1 heteroatoms. The molecule has 4 rings (SSSR count). The molecule has 0 aromatic heterocycles. The lowest BCUT2D eigenvalue weighted by Crippen LogP contribution is -2.13. The van der Waals surface area contributed by atoms with E-state index in [2.05, 4.69) is 55.5 Å². The molecule has 30 heavy (non-hydrogen) atoms. The topological polar surface area (TPSA) is 0 Å². The first kappa shape index (κ1) is 20.8. The Balaban J connectivity index is 1.59. The zero-order chi connectivity index (χ0) is 20.8. The quantitative estimate of drug-likeness (QED) is 0.347. The van der Waals surface area contributed by atoms with E-state index in [9.17, 15) is 4.39 Å². The van der Waals surface area contributed by atoms with E-state index in [1.165, 1.54) is 74.1 Å². The highest BCUT2D eigenvalue weighted by atomic mass is 19.1. The highest BCUT2D eigenvalue weighted by Gasteiger charge is 2.23. The van der Waals surface area contributed by atoms with Crippen molar-refractivity contribution in [2.24, 2.45) is 5.92 Å². The van der Waals surface area contributed by atoms with Crippen molar-refractivity contribution in [3.05, 3.63) is 84.2 Å². The van der Waals surface area contributed by atoms with Gasteiger partial charge in [-0.05, 0) is 77.5 Å². The fourth-order valence-corrected chi connectivity index (χ4v) is 5.05. The Hall–Kier alpha value is -2.41. The molecule has 1 aliphatic carbocycles. The first-order chi connectivity index (χ1) is 14.7. The van der Waals surface area contributed by atoms with E-state index in [4.69, 9.17) is 0 Å². The standard InChI is InChI=1S/C29H33F/c1-2-3-5-9-22-14-16-23(17-15-22)25-18-19-28(26-12-8-13-27(30)20-26)29(21-25)24-10-6-4-7-11-24/h4,6-8,10-13,18-23H,2-3,5,9,14-17H2,1H3/t22-,23-. The van der Waals surface area contributed by atoms with Gasteiger partial charge in [-0.25, -0.2) is 4.39 Å². The molecule has 0 aliphatic heterocycles. The lowest BCUT2D eigenvalue weighted by atomic mass is 9.76. The van der Waals surface area contributed by atoms with Crippen molar-refractivity contribution in [3.8, 4) is 22.3 Å². The summed E-state index contributed by atoms with van der Waals surface area (Å²) in [5, 5.41) is 0. The number of unbranched alkanes of at least 4 members (excludes halogenated alkanes) is 2.